The van der Waals surface area contributed by atoms with Crippen LogP contribution in [0, 0.1) is 12.8 Å². The average molecular weight is 441 g/mol. The number of unbranched alkanes of at least 4 members (excludes halogenated alkanes) is 1. The van der Waals surface area contributed by atoms with Gasteiger partial charge in [0.05, 0.1) is 0 Å². The Balaban J connectivity index is 0.00000288. The molecule has 2 rings (SSSR count). The summed E-state index contributed by atoms with van der Waals surface area (Å²) in [5.74, 6) is 0.762. The summed E-state index contributed by atoms with van der Waals surface area (Å²) in [7, 11) is 0. The van der Waals surface area contributed by atoms with Crippen molar-refractivity contribution in [2.75, 3.05) is 0 Å². The van der Waals surface area contributed by atoms with Gasteiger partial charge in [0.1, 0.15) is 0 Å². The molecule has 1 saturated carbocycles. The third-order valence-corrected chi connectivity index (χ3v) is 5.82. The molecule has 0 saturated heterocycles. The molecule has 0 bridgehead atoms. The van der Waals surface area contributed by atoms with Crippen LogP contribution in [-0.4, -0.2) is 10.8 Å². The average Bonchev–Trinajstić information content (AvgIpc) is 2.77. The smallest absolute Gasteiger partial charge is 0.0422 e. The van der Waals surface area contributed by atoms with Crippen LogP contribution in [0.1, 0.15) is 63.5 Å². The number of allylic oxidation sites excluding steroid dienone is 2. The molecule has 0 aliphatic heterocycles. The Morgan fingerprint density at radius 2 is 1.71 bits per heavy atom. The van der Waals surface area contributed by atoms with E-state index in [1.165, 1.54) is 11.1 Å². The molecular formula is C21H29Cl2Y-. The van der Waals surface area contributed by atoms with Crippen molar-refractivity contribution >= 4 is 23.2 Å². The molecule has 1 radical (unpaired) electrons. The van der Waals surface area contributed by atoms with Gasteiger partial charge in [0.15, 0.2) is 0 Å². The Kier molecular flexibility index (Phi) is 9.55. The molecule has 1 aromatic carbocycles. The second-order valence-electron chi connectivity index (χ2n) is 7.68. The summed E-state index contributed by atoms with van der Waals surface area (Å²) >= 11 is 13.3. The van der Waals surface area contributed by atoms with Gasteiger partial charge >= 0.3 is 0 Å². The van der Waals surface area contributed by atoms with Crippen LogP contribution in [0.3, 0.4) is 0 Å². The van der Waals surface area contributed by atoms with Crippen molar-refractivity contribution in [3.63, 3.8) is 0 Å². The molecule has 24 heavy (non-hydrogen) atoms. The molecule has 1 aliphatic carbocycles. The van der Waals surface area contributed by atoms with Crippen LogP contribution in [0.5, 0.6) is 0 Å². The first-order valence-electron chi connectivity index (χ1n) is 8.67. The summed E-state index contributed by atoms with van der Waals surface area (Å²) in [4.78, 5) is 0. The quantitative estimate of drug-likeness (QED) is 0.266. The van der Waals surface area contributed by atoms with E-state index in [1.54, 1.807) is 0 Å². The maximum atomic E-state index is 6.65. The van der Waals surface area contributed by atoms with E-state index in [0.29, 0.717) is 11.8 Å². The van der Waals surface area contributed by atoms with Gasteiger partial charge in [-0.2, -0.15) is 6.42 Å². The number of hydrogen-bond acceptors (Lipinski definition) is 0. The van der Waals surface area contributed by atoms with Gasteiger partial charge in [0, 0.05) is 49.4 Å². The fourth-order valence-corrected chi connectivity index (χ4v) is 4.54. The number of rotatable bonds is 5. The SMILES string of the molecule is [CH2-]CC/C=C\CC1C(Cl)CC(Cl)C1c1ccc(C(C)(C)C)cc1.[Y]. The van der Waals surface area contributed by atoms with Crippen molar-refractivity contribution in [2.24, 2.45) is 5.92 Å². The van der Waals surface area contributed by atoms with Crippen LogP contribution in [0.15, 0.2) is 36.4 Å². The molecule has 4 atom stereocenters. The third kappa shape index (κ3) is 5.83. The van der Waals surface area contributed by atoms with E-state index in [-0.39, 0.29) is 48.9 Å². The molecule has 1 aliphatic rings. The number of alkyl halides is 2. The Bertz CT molecular complexity index is 516. The fraction of sp³-hybridized carbons (Fsp3) is 0.571. The molecule has 131 valence electrons. The van der Waals surface area contributed by atoms with Gasteiger partial charge in [-0.3, -0.25) is 0 Å². The molecule has 0 nitrogen and oxygen atoms in total. The normalized spacial score (nSPS) is 27.4. The van der Waals surface area contributed by atoms with Crippen LogP contribution in [-0.2, 0) is 38.1 Å². The van der Waals surface area contributed by atoms with E-state index < -0.39 is 0 Å². The monoisotopic (exact) mass is 440 g/mol. The summed E-state index contributed by atoms with van der Waals surface area (Å²) in [5, 5.41) is 0.290. The Morgan fingerprint density at radius 3 is 2.25 bits per heavy atom. The number of benzene rings is 1. The van der Waals surface area contributed by atoms with Crippen molar-refractivity contribution < 1.29 is 32.7 Å². The molecule has 1 aromatic rings. The summed E-state index contributed by atoms with van der Waals surface area (Å²) in [6.07, 6.45) is 8.36. The maximum absolute atomic E-state index is 6.65. The zero-order valence-corrected chi connectivity index (χ0v) is 19.5. The summed E-state index contributed by atoms with van der Waals surface area (Å²) < 4.78 is 0. The Morgan fingerprint density at radius 1 is 1.08 bits per heavy atom. The second-order valence-corrected chi connectivity index (χ2v) is 8.80. The van der Waals surface area contributed by atoms with E-state index in [4.69, 9.17) is 23.2 Å². The van der Waals surface area contributed by atoms with E-state index in [0.717, 1.165) is 25.7 Å². The van der Waals surface area contributed by atoms with E-state index >= 15 is 0 Å². The van der Waals surface area contributed by atoms with Gasteiger partial charge in [-0.05, 0) is 35.3 Å². The van der Waals surface area contributed by atoms with Gasteiger partial charge in [-0.25, -0.2) is 0 Å². The third-order valence-electron chi connectivity index (χ3n) is 4.87. The van der Waals surface area contributed by atoms with Crippen LogP contribution in [0.25, 0.3) is 0 Å². The van der Waals surface area contributed by atoms with Gasteiger partial charge in [-0.15, -0.1) is 23.2 Å². The molecule has 0 heterocycles. The van der Waals surface area contributed by atoms with Crippen molar-refractivity contribution in [1.29, 1.82) is 0 Å². The molecule has 0 N–H and O–H groups in total. The van der Waals surface area contributed by atoms with Crippen LogP contribution < -0.4 is 0 Å². The molecule has 0 aromatic heterocycles. The molecule has 3 heteroatoms. The van der Waals surface area contributed by atoms with Gasteiger partial charge in [0.25, 0.3) is 0 Å². The first-order valence-corrected chi connectivity index (χ1v) is 9.54. The number of halogens is 2. The van der Waals surface area contributed by atoms with Crippen molar-refractivity contribution in [3.8, 4) is 0 Å². The van der Waals surface area contributed by atoms with Gasteiger partial charge < -0.3 is 6.92 Å². The molecule has 0 amide bonds. The van der Waals surface area contributed by atoms with Crippen molar-refractivity contribution in [1.82, 2.24) is 0 Å². The zero-order valence-electron chi connectivity index (χ0n) is 15.1. The van der Waals surface area contributed by atoms with E-state index in [9.17, 15) is 0 Å². The van der Waals surface area contributed by atoms with Gasteiger partial charge in [0.2, 0.25) is 0 Å². The molecule has 4 unspecified atom stereocenters. The molecule has 0 spiro atoms. The predicted octanol–water partition coefficient (Wildman–Crippen LogP) is 6.86. The van der Waals surface area contributed by atoms with E-state index in [1.807, 2.05) is 0 Å². The van der Waals surface area contributed by atoms with Crippen LogP contribution >= 0.6 is 23.2 Å². The van der Waals surface area contributed by atoms with Crippen LogP contribution in [0.4, 0.5) is 0 Å². The minimum Gasteiger partial charge on any atom is -0.343 e. The molecular weight excluding hydrogens is 412 g/mol. The summed E-state index contributed by atoms with van der Waals surface area (Å²) in [6.45, 7) is 10.6. The molecule has 1 fully saturated rings. The van der Waals surface area contributed by atoms with Gasteiger partial charge in [-0.1, -0.05) is 63.6 Å². The Hall–Kier alpha value is 0.644. The minimum absolute atomic E-state index is 0. The first-order chi connectivity index (χ1) is 10.8. The van der Waals surface area contributed by atoms with Crippen LogP contribution in [0.2, 0.25) is 0 Å². The first kappa shape index (κ1) is 22.7. The predicted molar refractivity (Wildman–Crippen MR) is 104 cm³/mol. The summed E-state index contributed by atoms with van der Waals surface area (Å²) in [5.41, 5.74) is 2.87. The van der Waals surface area contributed by atoms with E-state index in [2.05, 4.69) is 64.1 Å². The topological polar surface area (TPSA) is 0 Å². The fourth-order valence-electron chi connectivity index (χ4n) is 3.47. The standard InChI is InChI=1S/C21H29Cl2.Y/c1-5-6-7-8-9-17-18(22)14-19(23)20(17)15-10-12-16(13-11-15)21(2,3)4;/h7-8,10-13,17-20H,1,5-6,9,14H2,2-4H3;/q-1;/b8-7-;. The minimum atomic E-state index is 0. The Labute approximate surface area is 183 Å². The maximum Gasteiger partial charge on any atom is 0.0422 e. The largest absolute Gasteiger partial charge is 0.343 e. The number of hydrogen-bond donors (Lipinski definition) is 0. The zero-order chi connectivity index (χ0) is 17.0. The second kappa shape index (κ2) is 10.1. The van der Waals surface area contributed by atoms with Crippen molar-refractivity contribution in [2.45, 2.75) is 68.5 Å². The summed E-state index contributed by atoms with van der Waals surface area (Å²) in [6, 6.07) is 9.00. The van der Waals surface area contributed by atoms with Crippen molar-refractivity contribution in [3.05, 3.63) is 54.5 Å².